The first-order chi connectivity index (χ1) is 16.0. The van der Waals surface area contributed by atoms with Crippen LogP contribution < -0.4 is 4.74 Å². The molecule has 0 spiro atoms. The summed E-state index contributed by atoms with van der Waals surface area (Å²) < 4.78 is 48.2. The summed E-state index contributed by atoms with van der Waals surface area (Å²) in [4.78, 5) is 0. The zero-order valence-corrected chi connectivity index (χ0v) is 19.1. The molecule has 4 aromatic rings. The summed E-state index contributed by atoms with van der Waals surface area (Å²) in [5.41, 5.74) is 2.95. The molecule has 0 radical (unpaired) electrons. The minimum absolute atomic E-state index is 0.304. The number of hydrogen-bond acceptors (Lipinski definition) is 1. The number of unbranched alkanes of at least 4 members (excludes halogenated alkanes) is 1. The van der Waals surface area contributed by atoms with Crippen molar-refractivity contribution in [3.05, 3.63) is 100 Å². The maximum absolute atomic E-state index is 15.1. The van der Waals surface area contributed by atoms with Gasteiger partial charge in [0.1, 0.15) is 28.2 Å². The van der Waals surface area contributed by atoms with Crippen LogP contribution in [0.25, 0.3) is 21.9 Å². The van der Waals surface area contributed by atoms with Crippen molar-refractivity contribution in [2.45, 2.75) is 32.6 Å². The SMILES string of the molecule is CCCCOc1ccc(-c2ccc3c(F)c(CCc4cc(F)c(Cl)c(F)c4)ccc3c2)cc1. The lowest BCUT2D eigenvalue weighted by atomic mass is 9.97. The van der Waals surface area contributed by atoms with Gasteiger partial charge in [0.2, 0.25) is 0 Å². The molecule has 1 nitrogen and oxygen atoms in total. The van der Waals surface area contributed by atoms with E-state index >= 15 is 4.39 Å². The number of benzene rings is 4. The molecule has 170 valence electrons. The maximum Gasteiger partial charge on any atom is 0.145 e. The molecule has 0 amide bonds. The first kappa shape index (κ1) is 23.2. The Hall–Kier alpha value is -2.98. The predicted octanol–water partition coefficient (Wildman–Crippen LogP) is 8.54. The van der Waals surface area contributed by atoms with Crippen molar-refractivity contribution >= 4 is 22.4 Å². The summed E-state index contributed by atoms with van der Waals surface area (Å²) in [6.45, 7) is 2.83. The van der Waals surface area contributed by atoms with Gasteiger partial charge >= 0.3 is 0 Å². The summed E-state index contributed by atoms with van der Waals surface area (Å²) in [5.74, 6) is -1.09. The quantitative estimate of drug-likeness (QED) is 0.186. The Morgan fingerprint density at radius 1 is 0.788 bits per heavy atom. The van der Waals surface area contributed by atoms with E-state index in [-0.39, 0.29) is 5.82 Å². The second-order valence-corrected chi connectivity index (χ2v) is 8.45. The van der Waals surface area contributed by atoms with Gasteiger partial charge in [-0.15, -0.1) is 0 Å². The van der Waals surface area contributed by atoms with E-state index in [1.165, 1.54) is 12.1 Å². The van der Waals surface area contributed by atoms with Crippen LogP contribution >= 0.6 is 11.6 Å². The molecule has 0 bridgehead atoms. The van der Waals surface area contributed by atoms with Crippen LogP contribution in [-0.2, 0) is 12.8 Å². The number of aryl methyl sites for hydroxylation is 2. The van der Waals surface area contributed by atoms with Crippen LogP contribution in [-0.4, -0.2) is 6.61 Å². The molecule has 0 unspecified atom stereocenters. The van der Waals surface area contributed by atoms with Gasteiger partial charge in [-0.1, -0.05) is 61.3 Å². The van der Waals surface area contributed by atoms with Crippen molar-refractivity contribution in [3.63, 3.8) is 0 Å². The van der Waals surface area contributed by atoms with Crippen LogP contribution in [0.15, 0.2) is 66.7 Å². The molecular weight excluding hydrogens is 445 g/mol. The monoisotopic (exact) mass is 468 g/mol. The second kappa shape index (κ2) is 10.3. The predicted molar refractivity (Wildman–Crippen MR) is 129 cm³/mol. The van der Waals surface area contributed by atoms with Gasteiger partial charge in [-0.05, 0) is 77.2 Å². The van der Waals surface area contributed by atoms with Crippen LogP contribution in [0.4, 0.5) is 13.2 Å². The molecule has 0 aromatic heterocycles. The van der Waals surface area contributed by atoms with E-state index < -0.39 is 16.7 Å². The van der Waals surface area contributed by atoms with Gasteiger partial charge < -0.3 is 4.74 Å². The fourth-order valence-electron chi connectivity index (χ4n) is 3.82. The average molecular weight is 469 g/mol. The average Bonchev–Trinajstić information content (AvgIpc) is 2.82. The van der Waals surface area contributed by atoms with E-state index in [0.29, 0.717) is 36.0 Å². The molecular formula is C28H24ClF3O. The number of halogens is 4. The van der Waals surface area contributed by atoms with Crippen LogP contribution in [0.5, 0.6) is 5.75 Å². The van der Waals surface area contributed by atoms with Gasteiger partial charge in [0, 0.05) is 5.39 Å². The van der Waals surface area contributed by atoms with Crippen molar-refractivity contribution in [3.8, 4) is 16.9 Å². The maximum atomic E-state index is 15.1. The Balaban J connectivity index is 1.51. The Morgan fingerprint density at radius 2 is 1.48 bits per heavy atom. The van der Waals surface area contributed by atoms with Crippen molar-refractivity contribution in [2.24, 2.45) is 0 Å². The third kappa shape index (κ3) is 5.33. The lowest BCUT2D eigenvalue weighted by molar-refractivity contribution is 0.309. The molecule has 0 N–H and O–H groups in total. The Labute approximate surface area is 196 Å². The molecule has 0 atom stereocenters. The van der Waals surface area contributed by atoms with E-state index in [2.05, 4.69) is 6.92 Å². The smallest absolute Gasteiger partial charge is 0.145 e. The van der Waals surface area contributed by atoms with Gasteiger partial charge in [-0.25, -0.2) is 13.2 Å². The standard InChI is InChI=1S/C28H24ClF3O/c1-2-3-14-33-23-11-8-19(9-12-23)21-10-13-24-22(17-21)7-6-20(28(24)32)5-4-18-15-25(30)27(29)26(31)16-18/h6-13,15-17H,2-5,14H2,1H3. The minimum Gasteiger partial charge on any atom is -0.494 e. The zero-order valence-electron chi connectivity index (χ0n) is 18.3. The van der Waals surface area contributed by atoms with E-state index in [4.69, 9.17) is 16.3 Å². The van der Waals surface area contributed by atoms with Gasteiger partial charge in [-0.3, -0.25) is 0 Å². The molecule has 4 rings (SSSR count). The summed E-state index contributed by atoms with van der Waals surface area (Å²) >= 11 is 5.53. The highest BCUT2D eigenvalue weighted by atomic mass is 35.5. The number of ether oxygens (including phenoxy) is 1. The van der Waals surface area contributed by atoms with Gasteiger partial charge in [-0.2, -0.15) is 0 Å². The lowest BCUT2D eigenvalue weighted by Gasteiger charge is -2.10. The van der Waals surface area contributed by atoms with Gasteiger partial charge in [0.05, 0.1) is 6.61 Å². The van der Waals surface area contributed by atoms with Crippen LogP contribution in [0, 0.1) is 17.5 Å². The summed E-state index contributed by atoms with van der Waals surface area (Å²) in [5, 5.41) is 0.787. The van der Waals surface area contributed by atoms with Crippen molar-refractivity contribution in [2.75, 3.05) is 6.61 Å². The van der Waals surface area contributed by atoms with Gasteiger partial charge in [0.15, 0.2) is 0 Å². The van der Waals surface area contributed by atoms with E-state index in [0.717, 1.165) is 35.1 Å². The van der Waals surface area contributed by atoms with Crippen molar-refractivity contribution in [1.82, 2.24) is 0 Å². The number of hydrogen-bond donors (Lipinski definition) is 0. The number of fused-ring (bicyclic) bond motifs is 1. The molecule has 5 heteroatoms. The summed E-state index contributed by atoms with van der Waals surface area (Å²) in [6.07, 6.45) is 2.74. The van der Waals surface area contributed by atoms with Crippen LogP contribution in [0.2, 0.25) is 5.02 Å². The highest BCUT2D eigenvalue weighted by Gasteiger charge is 2.12. The third-order valence-corrected chi connectivity index (χ3v) is 6.08. The molecule has 0 fully saturated rings. The fourth-order valence-corrected chi connectivity index (χ4v) is 3.93. The van der Waals surface area contributed by atoms with E-state index in [1.807, 2.05) is 42.5 Å². The van der Waals surface area contributed by atoms with Crippen LogP contribution in [0.3, 0.4) is 0 Å². The Bertz CT molecular complexity index is 1250. The molecule has 0 heterocycles. The Kier molecular flexibility index (Phi) is 7.24. The molecule has 0 aliphatic heterocycles. The topological polar surface area (TPSA) is 9.23 Å². The molecule has 33 heavy (non-hydrogen) atoms. The highest BCUT2D eigenvalue weighted by molar-refractivity contribution is 6.30. The van der Waals surface area contributed by atoms with E-state index in [1.54, 1.807) is 12.1 Å². The molecule has 0 saturated carbocycles. The van der Waals surface area contributed by atoms with Gasteiger partial charge in [0.25, 0.3) is 0 Å². The highest BCUT2D eigenvalue weighted by Crippen LogP contribution is 2.29. The first-order valence-corrected chi connectivity index (χ1v) is 11.4. The van der Waals surface area contributed by atoms with Crippen LogP contribution in [0.1, 0.15) is 30.9 Å². The molecule has 0 saturated heterocycles. The normalized spacial score (nSPS) is 11.2. The largest absolute Gasteiger partial charge is 0.494 e. The summed E-state index contributed by atoms with van der Waals surface area (Å²) in [6, 6.07) is 19.5. The summed E-state index contributed by atoms with van der Waals surface area (Å²) in [7, 11) is 0. The van der Waals surface area contributed by atoms with Crippen molar-refractivity contribution in [1.29, 1.82) is 0 Å². The number of rotatable bonds is 8. The zero-order chi connectivity index (χ0) is 23.4. The molecule has 0 aliphatic carbocycles. The first-order valence-electron chi connectivity index (χ1n) is 11.0. The second-order valence-electron chi connectivity index (χ2n) is 8.07. The third-order valence-electron chi connectivity index (χ3n) is 5.71. The van der Waals surface area contributed by atoms with E-state index in [9.17, 15) is 8.78 Å². The molecule has 0 aliphatic rings. The van der Waals surface area contributed by atoms with Crippen molar-refractivity contribution < 1.29 is 17.9 Å². The Morgan fingerprint density at radius 3 is 2.18 bits per heavy atom. The minimum atomic E-state index is -0.807. The molecule has 4 aromatic carbocycles. The lowest BCUT2D eigenvalue weighted by Crippen LogP contribution is -1.98. The fraction of sp³-hybridized carbons (Fsp3) is 0.214.